The van der Waals surface area contributed by atoms with E-state index in [9.17, 15) is 4.39 Å². The molecule has 1 heterocycles. The Morgan fingerprint density at radius 2 is 2.31 bits per heavy atom. The summed E-state index contributed by atoms with van der Waals surface area (Å²) >= 11 is 1.57. The van der Waals surface area contributed by atoms with E-state index < -0.39 is 0 Å². The summed E-state index contributed by atoms with van der Waals surface area (Å²) in [5.74, 6) is -0.294. The number of hydrogen-bond acceptors (Lipinski definition) is 4. The Morgan fingerprint density at radius 1 is 1.50 bits per heavy atom. The molecule has 3 N–H and O–H groups in total. The number of rotatable bonds is 3. The van der Waals surface area contributed by atoms with Crippen LogP contribution >= 0.6 is 11.3 Å². The molecule has 2 aromatic rings. The Hall–Kier alpha value is -1.62. The Labute approximate surface area is 97.1 Å². The summed E-state index contributed by atoms with van der Waals surface area (Å²) in [6, 6.07) is 4.29. The van der Waals surface area contributed by atoms with Gasteiger partial charge in [0.2, 0.25) is 0 Å². The topological polar surface area (TPSA) is 50.9 Å². The Balaban J connectivity index is 2.10. The highest BCUT2D eigenvalue weighted by Gasteiger charge is 2.04. The fraction of sp³-hybridized carbons (Fsp3) is 0.182. The van der Waals surface area contributed by atoms with Crippen LogP contribution in [0, 0.1) is 12.7 Å². The zero-order valence-electron chi connectivity index (χ0n) is 8.83. The highest BCUT2D eigenvalue weighted by molar-refractivity contribution is 7.09. The van der Waals surface area contributed by atoms with E-state index >= 15 is 0 Å². The molecule has 0 radical (unpaired) electrons. The van der Waals surface area contributed by atoms with E-state index in [1.54, 1.807) is 22.9 Å². The smallest absolute Gasteiger partial charge is 0.125 e. The minimum atomic E-state index is -0.294. The molecule has 3 nitrogen and oxygen atoms in total. The number of halogens is 1. The molecular formula is C11H12FN3S. The summed E-state index contributed by atoms with van der Waals surface area (Å²) in [5, 5.41) is 3.10. The van der Waals surface area contributed by atoms with Crippen molar-refractivity contribution in [3.63, 3.8) is 0 Å². The summed E-state index contributed by atoms with van der Waals surface area (Å²) < 4.78 is 13.0. The van der Waals surface area contributed by atoms with Crippen molar-refractivity contribution in [2.75, 3.05) is 11.1 Å². The van der Waals surface area contributed by atoms with E-state index in [0.29, 0.717) is 17.9 Å². The predicted octanol–water partition coefficient (Wildman–Crippen LogP) is 2.78. The van der Waals surface area contributed by atoms with Gasteiger partial charge in [0.15, 0.2) is 0 Å². The maximum Gasteiger partial charge on any atom is 0.125 e. The van der Waals surface area contributed by atoms with Gasteiger partial charge in [0.1, 0.15) is 5.82 Å². The molecule has 16 heavy (non-hydrogen) atoms. The van der Waals surface area contributed by atoms with Gasteiger partial charge in [-0.3, -0.25) is 0 Å². The van der Waals surface area contributed by atoms with Gasteiger partial charge < -0.3 is 11.1 Å². The largest absolute Gasteiger partial charge is 0.397 e. The summed E-state index contributed by atoms with van der Waals surface area (Å²) in [6.45, 7) is 2.56. The van der Waals surface area contributed by atoms with Crippen molar-refractivity contribution in [1.29, 1.82) is 0 Å². The predicted molar refractivity (Wildman–Crippen MR) is 65.0 cm³/mol. The van der Waals surface area contributed by atoms with Crippen molar-refractivity contribution in [2.45, 2.75) is 13.5 Å². The molecule has 0 aliphatic heterocycles. The second-order valence-corrected chi connectivity index (χ2v) is 4.39. The van der Waals surface area contributed by atoms with Crippen LogP contribution in [0.4, 0.5) is 15.8 Å². The molecule has 0 aliphatic carbocycles. The first kappa shape index (κ1) is 10.9. The van der Waals surface area contributed by atoms with Gasteiger partial charge in [-0.2, -0.15) is 0 Å². The van der Waals surface area contributed by atoms with Crippen molar-refractivity contribution >= 4 is 22.7 Å². The number of benzene rings is 1. The number of hydrogen-bond donors (Lipinski definition) is 2. The third kappa shape index (κ3) is 2.30. The average molecular weight is 237 g/mol. The molecule has 0 atom stereocenters. The van der Waals surface area contributed by atoms with Crippen LogP contribution in [0.15, 0.2) is 23.7 Å². The Kier molecular flexibility index (Phi) is 3.05. The molecule has 0 spiro atoms. The SMILES string of the molecule is Cc1ncsc1CNc1cc(F)ccc1N. The van der Waals surface area contributed by atoms with Crippen LogP contribution in [0.5, 0.6) is 0 Å². The van der Waals surface area contributed by atoms with Crippen LogP contribution < -0.4 is 11.1 Å². The van der Waals surface area contributed by atoms with E-state index in [4.69, 9.17) is 5.73 Å². The van der Waals surface area contributed by atoms with E-state index in [1.807, 2.05) is 6.92 Å². The molecule has 5 heteroatoms. The first-order chi connectivity index (χ1) is 7.66. The van der Waals surface area contributed by atoms with Gasteiger partial charge in [-0.15, -0.1) is 11.3 Å². The number of nitrogens with one attached hydrogen (secondary N) is 1. The van der Waals surface area contributed by atoms with Crippen molar-refractivity contribution in [1.82, 2.24) is 4.98 Å². The summed E-state index contributed by atoms with van der Waals surface area (Å²) in [5.41, 5.74) is 9.67. The maximum absolute atomic E-state index is 13.0. The van der Waals surface area contributed by atoms with Crippen molar-refractivity contribution in [3.05, 3.63) is 40.1 Å². The van der Waals surface area contributed by atoms with Gasteiger partial charge in [0.25, 0.3) is 0 Å². The molecule has 0 amide bonds. The van der Waals surface area contributed by atoms with Gasteiger partial charge in [-0.05, 0) is 25.1 Å². The lowest BCUT2D eigenvalue weighted by Crippen LogP contribution is -2.02. The number of thiazole rings is 1. The van der Waals surface area contributed by atoms with Crippen LogP contribution in [-0.2, 0) is 6.54 Å². The summed E-state index contributed by atoms with van der Waals surface area (Å²) in [7, 11) is 0. The van der Waals surface area contributed by atoms with Crippen LogP contribution in [0.1, 0.15) is 10.6 Å². The van der Waals surface area contributed by atoms with Crippen molar-refractivity contribution in [2.24, 2.45) is 0 Å². The lowest BCUT2D eigenvalue weighted by Gasteiger charge is -2.08. The number of nitrogens with two attached hydrogens (primary N) is 1. The van der Waals surface area contributed by atoms with Crippen LogP contribution in [-0.4, -0.2) is 4.98 Å². The molecule has 2 rings (SSSR count). The molecular weight excluding hydrogens is 225 g/mol. The normalized spacial score (nSPS) is 10.4. The average Bonchev–Trinajstić information content (AvgIpc) is 2.66. The first-order valence-corrected chi connectivity index (χ1v) is 5.72. The molecule has 0 bridgehead atoms. The maximum atomic E-state index is 13.0. The van der Waals surface area contributed by atoms with E-state index in [-0.39, 0.29) is 5.82 Å². The molecule has 1 aromatic carbocycles. The lowest BCUT2D eigenvalue weighted by molar-refractivity contribution is 0.628. The van der Waals surface area contributed by atoms with Gasteiger partial charge in [0, 0.05) is 4.88 Å². The van der Waals surface area contributed by atoms with Crippen molar-refractivity contribution in [3.8, 4) is 0 Å². The zero-order chi connectivity index (χ0) is 11.5. The molecule has 0 saturated carbocycles. The molecule has 84 valence electrons. The first-order valence-electron chi connectivity index (χ1n) is 4.84. The second kappa shape index (κ2) is 4.49. The van der Waals surface area contributed by atoms with Crippen molar-refractivity contribution < 1.29 is 4.39 Å². The number of anilines is 2. The number of aromatic nitrogens is 1. The van der Waals surface area contributed by atoms with E-state index in [0.717, 1.165) is 10.6 Å². The lowest BCUT2D eigenvalue weighted by atomic mass is 10.2. The third-order valence-electron chi connectivity index (χ3n) is 2.30. The van der Waals surface area contributed by atoms with Gasteiger partial charge in [-0.25, -0.2) is 9.37 Å². The molecule has 1 aromatic heterocycles. The van der Waals surface area contributed by atoms with Crippen LogP contribution in [0.3, 0.4) is 0 Å². The Morgan fingerprint density at radius 3 is 3.00 bits per heavy atom. The standard InChI is InChI=1S/C11H12FN3S/c1-7-11(16-6-15-7)5-14-10-4-8(12)2-3-9(10)13/h2-4,6,14H,5,13H2,1H3. The number of nitrogens with zero attached hydrogens (tertiary/aromatic N) is 1. The van der Waals surface area contributed by atoms with Gasteiger partial charge in [0.05, 0.1) is 29.1 Å². The van der Waals surface area contributed by atoms with Crippen LogP contribution in [0.2, 0.25) is 0 Å². The second-order valence-electron chi connectivity index (χ2n) is 3.45. The fourth-order valence-corrected chi connectivity index (χ4v) is 2.07. The fourth-order valence-electron chi connectivity index (χ4n) is 1.35. The summed E-state index contributed by atoms with van der Waals surface area (Å²) in [6.07, 6.45) is 0. The minimum Gasteiger partial charge on any atom is -0.397 e. The van der Waals surface area contributed by atoms with Gasteiger partial charge >= 0.3 is 0 Å². The Bertz CT molecular complexity index is 496. The monoisotopic (exact) mass is 237 g/mol. The quantitative estimate of drug-likeness (QED) is 0.807. The minimum absolute atomic E-state index is 0.294. The number of nitrogen functional groups attached to an aromatic ring is 1. The summed E-state index contributed by atoms with van der Waals surface area (Å²) in [4.78, 5) is 5.27. The molecule has 0 fully saturated rings. The van der Waals surface area contributed by atoms with Gasteiger partial charge in [-0.1, -0.05) is 0 Å². The highest BCUT2D eigenvalue weighted by Crippen LogP contribution is 2.21. The zero-order valence-corrected chi connectivity index (χ0v) is 9.64. The molecule has 0 aliphatic rings. The highest BCUT2D eigenvalue weighted by atomic mass is 32.1. The van der Waals surface area contributed by atoms with E-state index in [2.05, 4.69) is 10.3 Å². The van der Waals surface area contributed by atoms with E-state index in [1.165, 1.54) is 12.1 Å². The third-order valence-corrected chi connectivity index (χ3v) is 3.23. The molecule has 0 unspecified atom stereocenters. The molecule has 0 saturated heterocycles. The number of aryl methyl sites for hydroxylation is 1. The van der Waals surface area contributed by atoms with Crippen LogP contribution in [0.25, 0.3) is 0 Å².